The molecule has 1 aromatic rings. The molecule has 1 aromatic carbocycles. The van der Waals surface area contributed by atoms with E-state index in [1.807, 2.05) is 0 Å². The second-order valence-corrected chi connectivity index (χ2v) is 5.87. The first-order chi connectivity index (χ1) is 11.9. The second-order valence-electron chi connectivity index (χ2n) is 5.87. The van der Waals surface area contributed by atoms with Crippen LogP contribution in [0, 0.1) is 11.6 Å². The molecule has 25 heavy (non-hydrogen) atoms. The minimum absolute atomic E-state index is 0.0235. The molecule has 0 radical (unpaired) electrons. The van der Waals surface area contributed by atoms with Crippen LogP contribution in [-0.2, 0) is 25.5 Å². The van der Waals surface area contributed by atoms with Gasteiger partial charge in [0.2, 0.25) is 0 Å². The highest BCUT2D eigenvalue weighted by Gasteiger charge is 2.42. The zero-order valence-electron chi connectivity index (χ0n) is 14.0. The Balaban J connectivity index is 2.30. The molecule has 0 spiro atoms. The molecular weight excluding hydrogens is 332 g/mol. The van der Waals surface area contributed by atoms with E-state index >= 15 is 0 Å². The number of ether oxygens (including phenoxy) is 2. The van der Waals surface area contributed by atoms with Crippen molar-refractivity contribution < 1.29 is 27.8 Å². The van der Waals surface area contributed by atoms with E-state index in [4.69, 9.17) is 9.47 Å². The molecule has 0 amide bonds. The van der Waals surface area contributed by atoms with Gasteiger partial charge in [-0.3, -0.25) is 0 Å². The summed E-state index contributed by atoms with van der Waals surface area (Å²) in [6, 6.07) is 1.95. The van der Waals surface area contributed by atoms with E-state index in [1.54, 1.807) is 13.8 Å². The number of dihydropyridines is 1. The Labute approximate surface area is 143 Å². The molecule has 3 rings (SSSR count). The summed E-state index contributed by atoms with van der Waals surface area (Å²) in [4.78, 5) is 24.6. The molecule has 0 fully saturated rings. The predicted octanol–water partition coefficient (Wildman–Crippen LogP) is 2.47. The maximum atomic E-state index is 14.3. The molecule has 5 nitrogen and oxygen atoms in total. The minimum Gasteiger partial charge on any atom is -0.466 e. The van der Waals surface area contributed by atoms with Gasteiger partial charge in [0.05, 0.1) is 29.9 Å². The Morgan fingerprint density at radius 1 is 1.40 bits per heavy atom. The van der Waals surface area contributed by atoms with Crippen LogP contribution in [-0.4, -0.2) is 25.7 Å². The molecule has 7 heteroatoms. The summed E-state index contributed by atoms with van der Waals surface area (Å²) in [6.07, 6.45) is 0.274. The summed E-state index contributed by atoms with van der Waals surface area (Å²) < 4.78 is 38.1. The lowest BCUT2D eigenvalue weighted by Crippen LogP contribution is -2.30. The van der Waals surface area contributed by atoms with Crippen molar-refractivity contribution in [3.63, 3.8) is 0 Å². The molecule has 1 atom stereocenters. The van der Waals surface area contributed by atoms with E-state index in [2.05, 4.69) is 5.32 Å². The summed E-state index contributed by atoms with van der Waals surface area (Å²) in [5.74, 6) is -3.73. The number of benzene rings is 1. The number of rotatable bonds is 3. The van der Waals surface area contributed by atoms with Crippen molar-refractivity contribution in [2.75, 3.05) is 13.7 Å². The SMILES string of the molecule is CCc1c(F)cc(F)cc1[C@@H]1C(C(=O)OC)=C(C)NC2=C1C(=O)OC2. The van der Waals surface area contributed by atoms with Gasteiger partial charge in [-0.05, 0) is 30.5 Å². The Hall–Kier alpha value is -2.70. The Kier molecular flexibility index (Phi) is 4.32. The van der Waals surface area contributed by atoms with E-state index in [0.29, 0.717) is 11.4 Å². The van der Waals surface area contributed by atoms with Gasteiger partial charge in [-0.15, -0.1) is 0 Å². The number of carbonyl (C=O) groups is 2. The van der Waals surface area contributed by atoms with E-state index < -0.39 is 29.5 Å². The molecule has 1 N–H and O–H groups in total. The second kappa shape index (κ2) is 6.31. The number of methoxy groups -OCH3 is 1. The zero-order valence-corrected chi connectivity index (χ0v) is 14.0. The number of halogens is 2. The standard InChI is InChI=1S/C18H17F2NO4/c1-4-10-11(5-9(19)6-12(10)20)15-14(17(22)24-3)8(2)21-13-7-25-18(23)16(13)15/h5-6,15,21H,4,7H2,1-3H3/t15-/m1/s1. The topological polar surface area (TPSA) is 64.6 Å². The summed E-state index contributed by atoms with van der Waals surface area (Å²) in [7, 11) is 1.21. The maximum Gasteiger partial charge on any atom is 0.337 e. The first-order valence-corrected chi connectivity index (χ1v) is 7.83. The highest BCUT2D eigenvalue weighted by molar-refractivity contribution is 6.01. The van der Waals surface area contributed by atoms with Crippen LogP contribution in [0.2, 0.25) is 0 Å². The average molecular weight is 349 g/mol. The fourth-order valence-corrected chi connectivity index (χ4v) is 3.41. The van der Waals surface area contributed by atoms with E-state index in [1.165, 1.54) is 7.11 Å². The number of hydrogen-bond acceptors (Lipinski definition) is 5. The number of esters is 2. The normalized spacial score (nSPS) is 19.6. The lowest BCUT2D eigenvalue weighted by atomic mass is 9.78. The van der Waals surface area contributed by atoms with Gasteiger partial charge >= 0.3 is 11.9 Å². The number of hydrogen-bond donors (Lipinski definition) is 1. The van der Waals surface area contributed by atoms with Crippen LogP contribution in [0.4, 0.5) is 8.78 Å². The average Bonchev–Trinajstić information content (AvgIpc) is 2.93. The summed E-state index contributed by atoms with van der Waals surface area (Å²) >= 11 is 0. The minimum atomic E-state index is -0.946. The Morgan fingerprint density at radius 3 is 2.76 bits per heavy atom. The van der Waals surface area contributed by atoms with Gasteiger partial charge in [0, 0.05) is 11.8 Å². The van der Waals surface area contributed by atoms with Crippen LogP contribution in [0.5, 0.6) is 0 Å². The third-order valence-corrected chi connectivity index (χ3v) is 4.48. The van der Waals surface area contributed by atoms with E-state index in [-0.39, 0.29) is 35.3 Å². The number of carbonyl (C=O) groups excluding carboxylic acids is 2. The highest BCUT2D eigenvalue weighted by atomic mass is 19.1. The van der Waals surface area contributed by atoms with Crippen LogP contribution < -0.4 is 5.32 Å². The van der Waals surface area contributed by atoms with Crippen molar-refractivity contribution >= 4 is 11.9 Å². The molecular formula is C18H17F2NO4. The van der Waals surface area contributed by atoms with Gasteiger partial charge < -0.3 is 14.8 Å². The van der Waals surface area contributed by atoms with E-state index in [9.17, 15) is 18.4 Å². The number of nitrogens with one attached hydrogen (secondary N) is 1. The summed E-state index contributed by atoms with van der Waals surface area (Å²) in [5, 5.41) is 2.97. The largest absolute Gasteiger partial charge is 0.466 e. The predicted molar refractivity (Wildman–Crippen MR) is 84.3 cm³/mol. The molecule has 2 heterocycles. The lowest BCUT2D eigenvalue weighted by molar-refractivity contribution is -0.136. The molecule has 0 bridgehead atoms. The van der Waals surface area contributed by atoms with E-state index in [0.717, 1.165) is 12.1 Å². The van der Waals surface area contributed by atoms with Crippen LogP contribution >= 0.6 is 0 Å². The molecule has 0 saturated carbocycles. The van der Waals surface area contributed by atoms with Crippen molar-refractivity contribution in [2.45, 2.75) is 26.2 Å². The van der Waals surface area contributed by atoms with Gasteiger partial charge in [-0.25, -0.2) is 18.4 Å². The van der Waals surface area contributed by atoms with Crippen molar-refractivity contribution in [1.82, 2.24) is 5.32 Å². The van der Waals surface area contributed by atoms with Gasteiger partial charge in [0.25, 0.3) is 0 Å². The molecule has 2 aliphatic rings. The van der Waals surface area contributed by atoms with Crippen LogP contribution in [0.15, 0.2) is 34.7 Å². The molecule has 0 saturated heterocycles. The Bertz CT molecular complexity index is 842. The van der Waals surface area contributed by atoms with Crippen molar-refractivity contribution in [3.8, 4) is 0 Å². The molecule has 132 valence electrons. The first kappa shape index (κ1) is 17.1. The summed E-state index contributed by atoms with van der Waals surface area (Å²) in [6.45, 7) is 3.39. The maximum absolute atomic E-state index is 14.3. The molecule has 0 aliphatic carbocycles. The van der Waals surface area contributed by atoms with Crippen LogP contribution in [0.3, 0.4) is 0 Å². The number of allylic oxidation sites excluding steroid dienone is 1. The van der Waals surface area contributed by atoms with Gasteiger partial charge in [0.1, 0.15) is 18.2 Å². The lowest BCUT2D eigenvalue weighted by Gasteiger charge is -2.28. The third-order valence-electron chi connectivity index (χ3n) is 4.48. The monoisotopic (exact) mass is 349 g/mol. The fraction of sp³-hybridized carbons (Fsp3) is 0.333. The van der Waals surface area contributed by atoms with Crippen molar-refractivity contribution in [1.29, 1.82) is 0 Å². The van der Waals surface area contributed by atoms with Gasteiger partial charge in [-0.2, -0.15) is 0 Å². The number of cyclic esters (lactones) is 1. The Morgan fingerprint density at radius 2 is 2.12 bits per heavy atom. The van der Waals surface area contributed by atoms with Crippen molar-refractivity contribution in [2.24, 2.45) is 0 Å². The first-order valence-electron chi connectivity index (χ1n) is 7.83. The highest BCUT2D eigenvalue weighted by Crippen LogP contribution is 2.43. The van der Waals surface area contributed by atoms with Crippen molar-refractivity contribution in [3.05, 3.63) is 57.4 Å². The molecule has 0 aromatic heterocycles. The van der Waals surface area contributed by atoms with Gasteiger partial charge in [-0.1, -0.05) is 6.92 Å². The summed E-state index contributed by atoms with van der Waals surface area (Å²) in [5.41, 5.74) is 1.75. The third kappa shape index (κ3) is 2.69. The zero-order chi connectivity index (χ0) is 18.3. The van der Waals surface area contributed by atoms with Crippen LogP contribution in [0.1, 0.15) is 30.9 Å². The van der Waals surface area contributed by atoms with Crippen LogP contribution in [0.25, 0.3) is 0 Å². The fourth-order valence-electron chi connectivity index (χ4n) is 3.41. The smallest absolute Gasteiger partial charge is 0.337 e. The van der Waals surface area contributed by atoms with Gasteiger partial charge in [0.15, 0.2) is 0 Å². The molecule has 0 unspecified atom stereocenters. The quantitative estimate of drug-likeness (QED) is 0.850. The molecule has 2 aliphatic heterocycles.